The summed E-state index contributed by atoms with van der Waals surface area (Å²) in [5.41, 5.74) is 3.09. The number of imidazole rings is 1. The second kappa shape index (κ2) is 22.8. The van der Waals surface area contributed by atoms with Gasteiger partial charge < -0.3 is 25.1 Å². The summed E-state index contributed by atoms with van der Waals surface area (Å²) in [4.78, 5) is 40.2. The van der Waals surface area contributed by atoms with Crippen LogP contribution in [0, 0.1) is 13.8 Å². The molecule has 0 radical (unpaired) electrons. The number of amides is 1. The van der Waals surface area contributed by atoms with Gasteiger partial charge in [-0.25, -0.2) is 15.0 Å². The summed E-state index contributed by atoms with van der Waals surface area (Å²) in [6.45, 7) is 5.84. The van der Waals surface area contributed by atoms with E-state index in [4.69, 9.17) is 0 Å². The van der Waals surface area contributed by atoms with Gasteiger partial charge in [0.25, 0.3) is 5.91 Å². The fraction of sp³-hybridized carbons (Fsp3) is 0.409. The third-order valence-electron chi connectivity index (χ3n) is 9.36. The number of carbonyl (C=O) groups excluding carboxylic acids is 2. The van der Waals surface area contributed by atoms with Crippen LogP contribution in [0.3, 0.4) is 0 Å². The lowest BCUT2D eigenvalue weighted by Crippen LogP contribution is -2.21. The van der Waals surface area contributed by atoms with Gasteiger partial charge in [0.1, 0.15) is 0 Å². The van der Waals surface area contributed by atoms with E-state index in [9.17, 15) is 27.9 Å². The van der Waals surface area contributed by atoms with Crippen molar-refractivity contribution in [2.24, 2.45) is 0 Å². The van der Waals surface area contributed by atoms with Gasteiger partial charge in [-0.15, -0.1) is 0 Å². The van der Waals surface area contributed by atoms with E-state index < -0.39 is 23.6 Å². The summed E-state index contributed by atoms with van der Waals surface area (Å²) in [5, 5.41) is 15.9. The lowest BCUT2D eigenvalue weighted by molar-refractivity contribution is -0.305. The van der Waals surface area contributed by atoms with Gasteiger partial charge in [-0.1, -0.05) is 90.0 Å². The number of halogens is 3. The van der Waals surface area contributed by atoms with E-state index >= 15 is 0 Å². The Kier molecular flexibility index (Phi) is 17.7. The monoisotopic (exact) mass is 784 g/mol. The largest absolute Gasteiger partial charge is 0.550 e. The summed E-state index contributed by atoms with van der Waals surface area (Å²) in [6.07, 6.45) is 20.3. The number of alkyl halides is 3. The zero-order chi connectivity index (χ0) is 41.0. The molecule has 0 unspecified atom stereocenters. The van der Waals surface area contributed by atoms with Crippen LogP contribution in [0.15, 0.2) is 85.7 Å². The van der Waals surface area contributed by atoms with Crippen LogP contribution in [0.4, 0.5) is 30.5 Å². The molecule has 5 rings (SSSR count). The number of aryl methyl sites for hydroxylation is 2. The second-order valence-corrected chi connectivity index (χ2v) is 14.2. The first-order valence-electron chi connectivity index (χ1n) is 19.8. The summed E-state index contributed by atoms with van der Waals surface area (Å²) in [7, 11) is 0. The molecule has 0 atom stereocenters. The number of carboxylic acid groups (broad SMARTS) is 1. The number of benzene rings is 2. The van der Waals surface area contributed by atoms with E-state index in [1.165, 1.54) is 87.6 Å². The molecule has 304 valence electrons. The van der Waals surface area contributed by atoms with E-state index in [1.54, 1.807) is 62.0 Å². The SMILES string of the molecule is CCCCCCCCCCCCCCCC(=O)[O-].Cc1cn(-c2cc(NC(=O)c3ccc(C)c(Nc4nccc(-c5cccnc5)n4)c3)cc(C(F)(F)F)c2)cn1. The van der Waals surface area contributed by atoms with E-state index in [-0.39, 0.29) is 23.4 Å². The standard InChI is InChI=1S/C28H22F3N7O.C16H32O2/c1-17-5-6-19(10-25(17)37-27-33-9-7-24(36-27)20-4-3-8-32-14-20)26(39)35-22-11-21(28(29,30)31)12-23(13-22)38-15-18(2)34-16-38;1-2-3-4-5-6-7-8-9-10-11-12-13-14-15-16(17)18/h3-16H,1-2H3,(H,35,39)(H,33,36,37);2-15H2,1H3,(H,17,18)/p-1. The Morgan fingerprint density at radius 2 is 1.49 bits per heavy atom. The highest BCUT2D eigenvalue weighted by Gasteiger charge is 2.31. The topological polar surface area (TPSA) is 138 Å². The molecule has 13 heteroatoms. The Labute approximate surface area is 333 Å². The summed E-state index contributed by atoms with van der Waals surface area (Å²) in [5.74, 6) is -1.16. The summed E-state index contributed by atoms with van der Waals surface area (Å²) in [6, 6.07) is 13.7. The Balaban J connectivity index is 0.000000339. The van der Waals surface area contributed by atoms with E-state index in [2.05, 4.69) is 37.5 Å². The van der Waals surface area contributed by atoms with E-state index in [1.807, 2.05) is 13.0 Å². The number of hydrogen-bond donors (Lipinski definition) is 2. The number of hydrogen-bond acceptors (Lipinski definition) is 8. The van der Waals surface area contributed by atoms with Crippen LogP contribution in [0.5, 0.6) is 0 Å². The van der Waals surface area contributed by atoms with Gasteiger partial charge in [-0.3, -0.25) is 9.78 Å². The van der Waals surface area contributed by atoms with Crippen molar-refractivity contribution in [2.75, 3.05) is 10.6 Å². The molecule has 2 N–H and O–H groups in total. The molecule has 5 aromatic rings. The predicted molar refractivity (Wildman–Crippen MR) is 216 cm³/mol. The summed E-state index contributed by atoms with van der Waals surface area (Å²) >= 11 is 0. The minimum Gasteiger partial charge on any atom is -0.550 e. The molecule has 0 bridgehead atoms. The van der Waals surface area contributed by atoms with Gasteiger partial charge in [-0.2, -0.15) is 13.2 Å². The highest BCUT2D eigenvalue weighted by molar-refractivity contribution is 6.05. The summed E-state index contributed by atoms with van der Waals surface area (Å²) < 4.78 is 42.3. The van der Waals surface area contributed by atoms with Crippen LogP contribution in [-0.4, -0.2) is 36.4 Å². The van der Waals surface area contributed by atoms with Crippen molar-refractivity contribution >= 4 is 29.2 Å². The van der Waals surface area contributed by atoms with Gasteiger partial charge in [0, 0.05) is 58.9 Å². The van der Waals surface area contributed by atoms with Crippen molar-refractivity contribution in [3.8, 4) is 16.9 Å². The lowest BCUT2D eigenvalue weighted by Gasteiger charge is -2.14. The Morgan fingerprint density at radius 3 is 2.09 bits per heavy atom. The minimum absolute atomic E-state index is 0.00114. The molecule has 3 aromatic heterocycles. The van der Waals surface area contributed by atoms with Crippen LogP contribution in [0.25, 0.3) is 16.9 Å². The molecule has 0 aliphatic heterocycles. The van der Waals surface area contributed by atoms with Crippen LogP contribution < -0.4 is 15.7 Å². The molecule has 3 heterocycles. The number of aromatic nitrogens is 5. The molecule has 0 aliphatic carbocycles. The number of carbonyl (C=O) groups is 2. The minimum atomic E-state index is -4.60. The molecule has 0 aliphatic rings. The molecule has 10 nitrogen and oxygen atoms in total. The van der Waals surface area contributed by atoms with Crippen molar-refractivity contribution in [3.63, 3.8) is 0 Å². The highest BCUT2D eigenvalue weighted by Crippen LogP contribution is 2.33. The number of nitrogens with one attached hydrogen (secondary N) is 2. The zero-order valence-corrected chi connectivity index (χ0v) is 33.1. The maximum atomic E-state index is 13.6. The van der Waals surface area contributed by atoms with Crippen molar-refractivity contribution in [1.29, 1.82) is 0 Å². The van der Waals surface area contributed by atoms with Gasteiger partial charge in [0.15, 0.2) is 0 Å². The number of pyridine rings is 1. The number of anilines is 3. The third-order valence-corrected chi connectivity index (χ3v) is 9.36. The fourth-order valence-electron chi connectivity index (χ4n) is 6.16. The van der Waals surface area contributed by atoms with Crippen LogP contribution in [-0.2, 0) is 11.0 Å². The molecular formula is C44H53F3N7O3-. The first kappa shape index (κ1) is 44.1. The van der Waals surface area contributed by atoms with Crippen LogP contribution >= 0.6 is 0 Å². The van der Waals surface area contributed by atoms with Crippen LogP contribution in [0.1, 0.15) is 124 Å². The maximum Gasteiger partial charge on any atom is 0.416 e. The molecule has 0 saturated heterocycles. The molecule has 2 aromatic carbocycles. The maximum absolute atomic E-state index is 13.6. The molecule has 0 spiro atoms. The van der Waals surface area contributed by atoms with Gasteiger partial charge in [0.05, 0.1) is 23.3 Å². The molecule has 1 amide bonds. The molecule has 0 fully saturated rings. The van der Waals surface area contributed by atoms with E-state index in [0.717, 1.165) is 36.1 Å². The van der Waals surface area contributed by atoms with Crippen molar-refractivity contribution in [3.05, 3.63) is 108 Å². The third kappa shape index (κ3) is 15.5. The Morgan fingerprint density at radius 1 is 0.807 bits per heavy atom. The number of unbranched alkanes of at least 4 members (excludes halogenated alkanes) is 12. The Hall–Kier alpha value is -5.59. The number of rotatable bonds is 20. The van der Waals surface area contributed by atoms with Gasteiger partial charge in [0.2, 0.25) is 5.95 Å². The molecule has 57 heavy (non-hydrogen) atoms. The van der Waals surface area contributed by atoms with Crippen molar-refractivity contribution in [1.82, 2.24) is 24.5 Å². The molecule has 0 saturated carbocycles. The number of nitrogens with zero attached hydrogens (tertiary/aromatic N) is 5. The second-order valence-electron chi connectivity index (χ2n) is 14.2. The number of aliphatic carboxylic acids is 1. The Bertz CT molecular complexity index is 2000. The predicted octanol–water partition coefficient (Wildman–Crippen LogP) is 10.6. The zero-order valence-electron chi connectivity index (χ0n) is 33.1. The first-order chi connectivity index (χ1) is 27.4. The highest BCUT2D eigenvalue weighted by atomic mass is 19.4. The van der Waals surface area contributed by atoms with Gasteiger partial charge >= 0.3 is 6.18 Å². The average molecular weight is 785 g/mol. The average Bonchev–Trinajstić information content (AvgIpc) is 3.64. The van der Waals surface area contributed by atoms with Gasteiger partial charge in [-0.05, 0) is 80.8 Å². The smallest absolute Gasteiger partial charge is 0.416 e. The van der Waals surface area contributed by atoms with Crippen LogP contribution in [0.2, 0.25) is 0 Å². The number of carboxylic acids is 1. The van der Waals surface area contributed by atoms with Crippen molar-refractivity contribution < 1.29 is 27.9 Å². The normalized spacial score (nSPS) is 11.1. The molecular weight excluding hydrogens is 732 g/mol. The van der Waals surface area contributed by atoms with E-state index in [0.29, 0.717) is 23.0 Å². The first-order valence-corrected chi connectivity index (χ1v) is 19.8. The quantitative estimate of drug-likeness (QED) is 0.0744. The fourth-order valence-corrected chi connectivity index (χ4v) is 6.16. The lowest BCUT2D eigenvalue weighted by atomic mass is 10.0. The van der Waals surface area contributed by atoms with Crippen molar-refractivity contribution in [2.45, 2.75) is 117 Å².